The molecule has 1 aliphatic rings. The molecule has 2 rings (SSSR count). The number of benzene rings is 1. The Morgan fingerprint density at radius 2 is 2.06 bits per heavy atom. The molecule has 5 heteroatoms. The molecule has 0 aliphatic heterocycles. The maximum absolute atomic E-state index is 11.9. The van der Waals surface area contributed by atoms with E-state index in [1.54, 1.807) is 19.1 Å². The molecule has 1 aromatic rings. The highest BCUT2D eigenvalue weighted by Crippen LogP contribution is 2.21. The molecule has 0 aromatic heterocycles. The first-order valence-electron chi connectivity index (χ1n) is 6.35. The molecule has 18 heavy (non-hydrogen) atoms. The summed E-state index contributed by atoms with van der Waals surface area (Å²) in [5.74, 6) is 0. The average molecular weight is 268 g/mol. The molecule has 0 saturated heterocycles. The number of nitrogens with one attached hydrogen (secondary N) is 2. The third kappa shape index (κ3) is 3.31. The van der Waals surface area contributed by atoms with Gasteiger partial charge in [0, 0.05) is 19.1 Å². The molecule has 0 atom stereocenters. The van der Waals surface area contributed by atoms with Crippen molar-refractivity contribution in [2.45, 2.75) is 44.2 Å². The number of sulfonamides is 1. The van der Waals surface area contributed by atoms with Crippen LogP contribution in [0.1, 0.15) is 30.9 Å². The monoisotopic (exact) mass is 268 g/mol. The fourth-order valence-electron chi connectivity index (χ4n) is 1.82. The van der Waals surface area contributed by atoms with Crippen molar-refractivity contribution in [3.63, 3.8) is 0 Å². The van der Waals surface area contributed by atoms with Crippen molar-refractivity contribution in [2.75, 3.05) is 6.54 Å². The van der Waals surface area contributed by atoms with Gasteiger partial charge in [0.15, 0.2) is 0 Å². The lowest BCUT2D eigenvalue weighted by Gasteiger charge is -2.10. The Labute approximate surface area is 109 Å². The summed E-state index contributed by atoms with van der Waals surface area (Å²) >= 11 is 0. The highest BCUT2D eigenvalue weighted by Gasteiger charge is 2.21. The van der Waals surface area contributed by atoms with E-state index in [1.807, 2.05) is 13.0 Å². The molecule has 0 bridgehead atoms. The van der Waals surface area contributed by atoms with Gasteiger partial charge in [-0.3, -0.25) is 0 Å². The van der Waals surface area contributed by atoms with E-state index in [-0.39, 0.29) is 0 Å². The van der Waals surface area contributed by atoms with E-state index in [1.165, 1.54) is 12.8 Å². The SMILES string of the molecule is CCNS(=O)(=O)c1ccc(C)c(CNC2CC2)c1. The number of aryl methyl sites for hydroxylation is 1. The van der Waals surface area contributed by atoms with Gasteiger partial charge in [-0.25, -0.2) is 13.1 Å². The van der Waals surface area contributed by atoms with Gasteiger partial charge in [0.25, 0.3) is 0 Å². The first-order chi connectivity index (χ1) is 8.53. The van der Waals surface area contributed by atoms with Crippen LogP contribution in [0.4, 0.5) is 0 Å². The molecule has 0 heterocycles. The molecular formula is C13H20N2O2S. The quantitative estimate of drug-likeness (QED) is 0.823. The molecular weight excluding hydrogens is 248 g/mol. The van der Waals surface area contributed by atoms with Gasteiger partial charge in [-0.15, -0.1) is 0 Å². The summed E-state index contributed by atoms with van der Waals surface area (Å²) in [6.07, 6.45) is 2.46. The molecule has 0 radical (unpaired) electrons. The van der Waals surface area contributed by atoms with Crippen molar-refractivity contribution >= 4 is 10.0 Å². The second kappa shape index (κ2) is 5.38. The van der Waals surface area contributed by atoms with E-state index in [4.69, 9.17) is 0 Å². The number of hydrogen-bond acceptors (Lipinski definition) is 3. The van der Waals surface area contributed by atoms with E-state index in [0.717, 1.165) is 17.7 Å². The highest BCUT2D eigenvalue weighted by atomic mass is 32.2. The minimum Gasteiger partial charge on any atom is -0.310 e. The summed E-state index contributed by atoms with van der Waals surface area (Å²) in [6.45, 7) is 4.94. The van der Waals surface area contributed by atoms with Crippen molar-refractivity contribution in [1.29, 1.82) is 0 Å². The van der Waals surface area contributed by atoms with E-state index in [0.29, 0.717) is 17.5 Å². The van der Waals surface area contributed by atoms with Crippen LogP contribution in [0.5, 0.6) is 0 Å². The summed E-state index contributed by atoms with van der Waals surface area (Å²) in [5.41, 5.74) is 2.18. The predicted molar refractivity (Wildman–Crippen MR) is 71.9 cm³/mol. The zero-order valence-corrected chi connectivity index (χ0v) is 11.7. The van der Waals surface area contributed by atoms with Crippen LogP contribution in [0, 0.1) is 6.92 Å². The normalized spacial score (nSPS) is 15.9. The van der Waals surface area contributed by atoms with Crippen LogP contribution in [-0.4, -0.2) is 21.0 Å². The van der Waals surface area contributed by atoms with Crippen LogP contribution in [-0.2, 0) is 16.6 Å². The summed E-state index contributed by atoms with van der Waals surface area (Å²) in [4.78, 5) is 0.350. The Balaban J connectivity index is 2.19. The van der Waals surface area contributed by atoms with E-state index >= 15 is 0 Å². The summed E-state index contributed by atoms with van der Waals surface area (Å²) in [7, 11) is -3.35. The standard InChI is InChI=1S/C13H20N2O2S/c1-3-15-18(16,17)13-7-4-10(2)11(8-13)9-14-12-5-6-12/h4,7-8,12,14-15H,3,5-6,9H2,1-2H3. The maximum Gasteiger partial charge on any atom is 0.240 e. The summed E-state index contributed by atoms with van der Waals surface area (Å²) in [6, 6.07) is 5.92. The zero-order valence-electron chi connectivity index (χ0n) is 10.9. The van der Waals surface area contributed by atoms with Crippen LogP contribution in [0.15, 0.2) is 23.1 Å². The lowest BCUT2D eigenvalue weighted by molar-refractivity contribution is 0.583. The predicted octanol–water partition coefficient (Wildman–Crippen LogP) is 1.55. The summed E-state index contributed by atoms with van der Waals surface area (Å²) in [5, 5.41) is 3.41. The molecule has 100 valence electrons. The fraction of sp³-hybridized carbons (Fsp3) is 0.538. The van der Waals surface area contributed by atoms with Gasteiger partial charge in [-0.1, -0.05) is 13.0 Å². The molecule has 0 unspecified atom stereocenters. The van der Waals surface area contributed by atoms with Crippen molar-refractivity contribution in [3.8, 4) is 0 Å². The van der Waals surface area contributed by atoms with Gasteiger partial charge in [-0.2, -0.15) is 0 Å². The molecule has 1 aliphatic carbocycles. The molecule has 1 aromatic carbocycles. The van der Waals surface area contributed by atoms with Crippen LogP contribution in [0.2, 0.25) is 0 Å². The van der Waals surface area contributed by atoms with Crippen molar-refractivity contribution in [1.82, 2.24) is 10.0 Å². The topological polar surface area (TPSA) is 58.2 Å². The van der Waals surface area contributed by atoms with Crippen molar-refractivity contribution < 1.29 is 8.42 Å². The smallest absolute Gasteiger partial charge is 0.240 e. The van der Waals surface area contributed by atoms with Gasteiger partial charge in [0.2, 0.25) is 10.0 Å². The maximum atomic E-state index is 11.9. The minimum absolute atomic E-state index is 0.350. The fourth-order valence-corrected chi connectivity index (χ4v) is 2.91. The Morgan fingerprint density at radius 1 is 1.33 bits per heavy atom. The second-order valence-corrected chi connectivity index (χ2v) is 6.51. The van der Waals surface area contributed by atoms with E-state index in [9.17, 15) is 8.42 Å². The summed E-state index contributed by atoms with van der Waals surface area (Å²) < 4.78 is 26.3. The highest BCUT2D eigenvalue weighted by molar-refractivity contribution is 7.89. The lowest BCUT2D eigenvalue weighted by atomic mass is 10.1. The van der Waals surface area contributed by atoms with Crippen LogP contribution >= 0.6 is 0 Å². The van der Waals surface area contributed by atoms with Crippen LogP contribution < -0.4 is 10.0 Å². The zero-order chi connectivity index (χ0) is 13.2. The molecule has 0 spiro atoms. The van der Waals surface area contributed by atoms with Crippen molar-refractivity contribution in [2.24, 2.45) is 0 Å². The Hall–Kier alpha value is -0.910. The van der Waals surface area contributed by atoms with E-state index in [2.05, 4.69) is 10.0 Å². The third-order valence-electron chi connectivity index (χ3n) is 3.12. The third-order valence-corrected chi connectivity index (χ3v) is 4.67. The van der Waals surface area contributed by atoms with Gasteiger partial charge in [0.1, 0.15) is 0 Å². The van der Waals surface area contributed by atoms with Crippen molar-refractivity contribution in [3.05, 3.63) is 29.3 Å². The molecule has 4 nitrogen and oxygen atoms in total. The molecule has 0 amide bonds. The first kappa shape index (κ1) is 13.5. The van der Waals surface area contributed by atoms with Crippen LogP contribution in [0.3, 0.4) is 0 Å². The average Bonchev–Trinajstić information content (AvgIpc) is 3.11. The Kier molecular flexibility index (Phi) is 4.04. The van der Waals surface area contributed by atoms with Gasteiger partial charge < -0.3 is 5.32 Å². The Morgan fingerprint density at radius 3 is 2.67 bits per heavy atom. The molecule has 1 fully saturated rings. The minimum atomic E-state index is -3.35. The molecule has 1 saturated carbocycles. The van der Waals surface area contributed by atoms with Crippen LogP contribution in [0.25, 0.3) is 0 Å². The lowest BCUT2D eigenvalue weighted by Crippen LogP contribution is -2.23. The van der Waals surface area contributed by atoms with E-state index < -0.39 is 10.0 Å². The largest absolute Gasteiger partial charge is 0.310 e. The second-order valence-electron chi connectivity index (χ2n) is 4.74. The number of hydrogen-bond donors (Lipinski definition) is 2. The van der Waals surface area contributed by atoms with Gasteiger partial charge in [0.05, 0.1) is 4.90 Å². The first-order valence-corrected chi connectivity index (χ1v) is 7.84. The Bertz CT molecular complexity index is 522. The van der Waals surface area contributed by atoms with Gasteiger partial charge in [-0.05, 0) is 43.0 Å². The molecule has 2 N–H and O–H groups in total. The number of rotatable bonds is 6. The van der Waals surface area contributed by atoms with Gasteiger partial charge >= 0.3 is 0 Å².